The van der Waals surface area contributed by atoms with Gasteiger partial charge in [0.15, 0.2) is 0 Å². The van der Waals surface area contributed by atoms with Gasteiger partial charge in [0, 0.05) is 13.0 Å². The summed E-state index contributed by atoms with van der Waals surface area (Å²) in [5.74, 6) is 0.549. The van der Waals surface area contributed by atoms with Crippen LogP contribution in [0.1, 0.15) is 19.3 Å². The van der Waals surface area contributed by atoms with Crippen LogP contribution in [0.2, 0.25) is 0 Å². The quantitative estimate of drug-likeness (QED) is 0.645. The van der Waals surface area contributed by atoms with Crippen molar-refractivity contribution in [1.82, 2.24) is 4.90 Å². The maximum atomic E-state index is 10.8. The Labute approximate surface area is 85.4 Å². The van der Waals surface area contributed by atoms with Crippen molar-refractivity contribution in [3.63, 3.8) is 0 Å². The third kappa shape index (κ3) is 3.64. The third-order valence-corrected chi connectivity index (χ3v) is 2.79. The molecule has 1 atom stereocenters. The number of nitrogens with two attached hydrogens (primary N) is 1. The van der Waals surface area contributed by atoms with Crippen molar-refractivity contribution in [2.45, 2.75) is 19.3 Å². The Balaban J connectivity index is 2.05. The number of hydrogen-bond acceptors (Lipinski definition) is 4. The van der Waals surface area contributed by atoms with Crippen molar-refractivity contribution in [3.05, 3.63) is 0 Å². The van der Waals surface area contributed by atoms with Gasteiger partial charge in [-0.2, -0.15) is 0 Å². The van der Waals surface area contributed by atoms with Gasteiger partial charge in [-0.15, -0.1) is 0 Å². The summed E-state index contributed by atoms with van der Waals surface area (Å²) < 4.78 is 4.58. The predicted molar refractivity (Wildman–Crippen MR) is 54.9 cm³/mol. The summed E-state index contributed by atoms with van der Waals surface area (Å²) >= 11 is 0. The van der Waals surface area contributed by atoms with Crippen LogP contribution in [-0.2, 0) is 9.53 Å². The summed E-state index contributed by atoms with van der Waals surface area (Å²) in [5, 5.41) is 0. The van der Waals surface area contributed by atoms with Crippen LogP contribution < -0.4 is 5.73 Å². The highest BCUT2D eigenvalue weighted by Crippen LogP contribution is 2.14. The molecule has 0 amide bonds. The van der Waals surface area contributed by atoms with Crippen LogP contribution in [-0.4, -0.2) is 44.2 Å². The summed E-state index contributed by atoms with van der Waals surface area (Å²) in [6.07, 6.45) is 2.62. The maximum Gasteiger partial charge on any atom is 0.305 e. The first kappa shape index (κ1) is 11.5. The molecule has 0 aromatic rings. The van der Waals surface area contributed by atoms with Gasteiger partial charge in [0.25, 0.3) is 0 Å². The van der Waals surface area contributed by atoms with E-state index in [0.29, 0.717) is 12.3 Å². The molecule has 0 aliphatic carbocycles. The topological polar surface area (TPSA) is 55.6 Å². The van der Waals surface area contributed by atoms with Crippen LogP contribution in [0.5, 0.6) is 0 Å². The Morgan fingerprint density at radius 3 is 3.00 bits per heavy atom. The van der Waals surface area contributed by atoms with E-state index in [0.717, 1.165) is 32.6 Å². The lowest BCUT2D eigenvalue weighted by Gasteiger charge is -2.14. The van der Waals surface area contributed by atoms with Crippen LogP contribution >= 0.6 is 0 Å². The van der Waals surface area contributed by atoms with Gasteiger partial charge in [0.2, 0.25) is 0 Å². The van der Waals surface area contributed by atoms with E-state index in [1.54, 1.807) is 0 Å². The molecule has 1 aliphatic rings. The molecule has 0 aromatic carbocycles. The summed E-state index contributed by atoms with van der Waals surface area (Å²) in [4.78, 5) is 13.2. The summed E-state index contributed by atoms with van der Waals surface area (Å²) in [5.41, 5.74) is 5.59. The summed E-state index contributed by atoms with van der Waals surface area (Å²) in [6, 6.07) is 0. The Morgan fingerprint density at radius 1 is 1.64 bits per heavy atom. The van der Waals surface area contributed by atoms with Crippen LogP contribution in [0.3, 0.4) is 0 Å². The molecular weight excluding hydrogens is 180 g/mol. The van der Waals surface area contributed by atoms with Crippen LogP contribution in [0.15, 0.2) is 0 Å². The number of carbonyl (C=O) groups is 1. The van der Waals surface area contributed by atoms with Crippen LogP contribution in [0, 0.1) is 5.92 Å². The van der Waals surface area contributed by atoms with E-state index >= 15 is 0 Å². The van der Waals surface area contributed by atoms with Crippen LogP contribution in [0.4, 0.5) is 0 Å². The van der Waals surface area contributed by atoms with Gasteiger partial charge in [-0.1, -0.05) is 0 Å². The number of methoxy groups -OCH3 is 1. The van der Waals surface area contributed by atoms with Gasteiger partial charge < -0.3 is 15.4 Å². The molecule has 82 valence electrons. The smallest absolute Gasteiger partial charge is 0.305 e. The van der Waals surface area contributed by atoms with Crippen LogP contribution in [0.25, 0.3) is 0 Å². The maximum absolute atomic E-state index is 10.8. The molecule has 4 nitrogen and oxygen atoms in total. The number of nitrogens with zero attached hydrogens (tertiary/aromatic N) is 1. The second-order valence-electron chi connectivity index (χ2n) is 3.87. The molecule has 1 fully saturated rings. The molecule has 0 spiro atoms. The van der Waals surface area contributed by atoms with Gasteiger partial charge in [0.1, 0.15) is 0 Å². The summed E-state index contributed by atoms with van der Waals surface area (Å²) in [6.45, 7) is 4.00. The standard InChI is InChI=1S/C10H20N2O2/c1-14-10(13)3-2-5-12-6-4-9(7-11)8-12/h9H,2-8,11H2,1H3. The fourth-order valence-electron chi connectivity index (χ4n) is 1.86. The molecule has 1 saturated heterocycles. The first-order valence-corrected chi connectivity index (χ1v) is 5.25. The zero-order valence-corrected chi connectivity index (χ0v) is 8.87. The van der Waals surface area contributed by atoms with Gasteiger partial charge in [-0.25, -0.2) is 0 Å². The van der Waals surface area contributed by atoms with Gasteiger partial charge in [-0.05, 0) is 38.4 Å². The second kappa shape index (κ2) is 5.98. The minimum absolute atomic E-state index is 0.112. The molecule has 1 unspecified atom stereocenters. The lowest BCUT2D eigenvalue weighted by molar-refractivity contribution is -0.140. The average molecular weight is 200 g/mol. The SMILES string of the molecule is COC(=O)CCCN1CCC(CN)C1. The number of hydrogen-bond donors (Lipinski definition) is 1. The minimum atomic E-state index is -0.112. The first-order chi connectivity index (χ1) is 6.76. The Kier molecular flexibility index (Phi) is 4.90. The van der Waals surface area contributed by atoms with Crippen molar-refractivity contribution in [2.24, 2.45) is 11.7 Å². The van der Waals surface area contributed by atoms with E-state index < -0.39 is 0 Å². The average Bonchev–Trinajstić information content (AvgIpc) is 2.65. The molecule has 1 aliphatic heterocycles. The van der Waals surface area contributed by atoms with Crippen molar-refractivity contribution < 1.29 is 9.53 Å². The largest absolute Gasteiger partial charge is 0.469 e. The van der Waals surface area contributed by atoms with Gasteiger partial charge in [0.05, 0.1) is 7.11 Å². The molecule has 1 rings (SSSR count). The van der Waals surface area contributed by atoms with Crippen molar-refractivity contribution in [2.75, 3.05) is 33.3 Å². The molecule has 0 aromatic heterocycles. The molecule has 2 N–H and O–H groups in total. The Morgan fingerprint density at radius 2 is 2.43 bits per heavy atom. The van der Waals surface area contributed by atoms with E-state index in [2.05, 4.69) is 9.64 Å². The zero-order chi connectivity index (χ0) is 10.4. The molecular formula is C10H20N2O2. The molecule has 0 saturated carbocycles. The summed E-state index contributed by atoms with van der Waals surface area (Å²) in [7, 11) is 1.43. The van der Waals surface area contributed by atoms with E-state index in [9.17, 15) is 4.79 Å². The lowest BCUT2D eigenvalue weighted by atomic mass is 10.1. The number of esters is 1. The van der Waals surface area contributed by atoms with E-state index in [1.807, 2.05) is 0 Å². The highest BCUT2D eigenvalue weighted by Gasteiger charge is 2.20. The van der Waals surface area contributed by atoms with E-state index in [4.69, 9.17) is 5.73 Å². The predicted octanol–water partition coefficient (Wildman–Crippen LogP) is 0.220. The Bertz CT molecular complexity index is 185. The minimum Gasteiger partial charge on any atom is -0.469 e. The number of rotatable bonds is 5. The highest BCUT2D eigenvalue weighted by atomic mass is 16.5. The molecule has 0 radical (unpaired) electrons. The van der Waals surface area contributed by atoms with Crippen molar-refractivity contribution in [1.29, 1.82) is 0 Å². The zero-order valence-electron chi connectivity index (χ0n) is 8.87. The number of likely N-dealkylation sites (tertiary alicyclic amines) is 1. The molecule has 14 heavy (non-hydrogen) atoms. The monoisotopic (exact) mass is 200 g/mol. The van der Waals surface area contributed by atoms with Gasteiger partial charge in [-0.3, -0.25) is 4.79 Å². The lowest BCUT2D eigenvalue weighted by Crippen LogP contribution is -2.24. The molecule has 0 bridgehead atoms. The van der Waals surface area contributed by atoms with E-state index in [1.165, 1.54) is 13.5 Å². The fourth-order valence-corrected chi connectivity index (χ4v) is 1.86. The van der Waals surface area contributed by atoms with Crippen molar-refractivity contribution in [3.8, 4) is 0 Å². The fraction of sp³-hybridized carbons (Fsp3) is 0.900. The normalized spacial score (nSPS) is 22.6. The molecule has 4 heteroatoms. The van der Waals surface area contributed by atoms with Crippen molar-refractivity contribution >= 4 is 5.97 Å². The molecule has 1 heterocycles. The Hall–Kier alpha value is -0.610. The number of ether oxygens (including phenoxy) is 1. The van der Waals surface area contributed by atoms with E-state index in [-0.39, 0.29) is 5.97 Å². The van der Waals surface area contributed by atoms with Gasteiger partial charge >= 0.3 is 5.97 Å². The number of carbonyl (C=O) groups excluding carboxylic acids is 1. The third-order valence-electron chi connectivity index (χ3n) is 2.79. The highest BCUT2D eigenvalue weighted by molar-refractivity contribution is 5.69. The second-order valence-corrected chi connectivity index (χ2v) is 3.87. The first-order valence-electron chi connectivity index (χ1n) is 5.25.